The van der Waals surface area contributed by atoms with Gasteiger partial charge in [-0.25, -0.2) is 0 Å². The molecule has 0 fully saturated rings. The van der Waals surface area contributed by atoms with Gasteiger partial charge < -0.3 is 15.5 Å². The number of hydrogen-bond donors (Lipinski definition) is 3. The molecule has 3 heteroatoms. The summed E-state index contributed by atoms with van der Waals surface area (Å²) in [6.07, 6.45) is 0.460. The second kappa shape index (κ2) is 6.40. The Kier molecular flexibility index (Phi) is 6.34. The average Bonchev–Trinajstić information content (AvgIpc) is 2.04. The molecule has 0 aliphatic rings. The molecular formula is C9H21NO2. The average molecular weight is 175 g/mol. The van der Waals surface area contributed by atoms with Crippen molar-refractivity contribution in [3.05, 3.63) is 0 Å². The zero-order valence-electron chi connectivity index (χ0n) is 8.25. The van der Waals surface area contributed by atoms with E-state index in [1.807, 2.05) is 20.8 Å². The van der Waals surface area contributed by atoms with Crippen LogP contribution in [0, 0.1) is 5.92 Å². The molecule has 74 valence electrons. The van der Waals surface area contributed by atoms with Crippen LogP contribution in [-0.4, -0.2) is 35.5 Å². The fourth-order valence-corrected chi connectivity index (χ4v) is 0.943. The van der Waals surface area contributed by atoms with E-state index in [0.717, 1.165) is 6.42 Å². The molecular weight excluding hydrogens is 154 g/mol. The lowest BCUT2D eigenvalue weighted by molar-refractivity contribution is 0.144. The van der Waals surface area contributed by atoms with Crippen molar-refractivity contribution in [1.29, 1.82) is 0 Å². The zero-order chi connectivity index (χ0) is 9.56. The molecule has 12 heavy (non-hydrogen) atoms. The Morgan fingerprint density at radius 1 is 1.33 bits per heavy atom. The maximum Gasteiger partial charge on any atom is 0.0662 e. The van der Waals surface area contributed by atoms with E-state index >= 15 is 0 Å². The van der Waals surface area contributed by atoms with Crippen LogP contribution >= 0.6 is 0 Å². The third kappa shape index (κ3) is 4.70. The largest absolute Gasteiger partial charge is 0.395 e. The van der Waals surface area contributed by atoms with E-state index < -0.39 is 0 Å². The van der Waals surface area contributed by atoms with Crippen molar-refractivity contribution in [2.45, 2.75) is 39.3 Å². The summed E-state index contributed by atoms with van der Waals surface area (Å²) in [6, 6.07) is 0.103. The van der Waals surface area contributed by atoms with E-state index in [4.69, 9.17) is 5.11 Å². The minimum Gasteiger partial charge on any atom is -0.395 e. The fourth-order valence-electron chi connectivity index (χ4n) is 0.943. The van der Waals surface area contributed by atoms with Crippen LogP contribution in [0.5, 0.6) is 0 Å². The SMILES string of the molecule is CCC(O)CNC(CO)C(C)C. The van der Waals surface area contributed by atoms with Crippen molar-refractivity contribution in [1.82, 2.24) is 5.32 Å². The third-order valence-electron chi connectivity index (χ3n) is 2.09. The van der Waals surface area contributed by atoms with Gasteiger partial charge in [0.25, 0.3) is 0 Å². The van der Waals surface area contributed by atoms with Gasteiger partial charge in [0.05, 0.1) is 12.7 Å². The van der Waals surface area contributed by atoms with E-state index in [1.165, 1.54) is 0 Å². The van der Waals surface area contributed by atoms with Crippen molar-refractivity contribution < 1.29 is 10.2 Å². The van der Waals surface area contributed by atoms with Crippen LogP contribution < -0.4 is 5.32 Å². The van der Waals surface area contributed by atoms with Crippen LogP contribution in [0.1, 0.15) is 27.2 Å². The van der Waals surface area contributed by atoms with E-state index in [9.17, 15) is 5.11 Å². The van der Waals surface area contributed by atoms with Crippen LogP contribution in [0.15, 0.2) is 0 Å². The normalized spacial score (nSPS) is 16.5. The quantitative estimate of drug-likeness (QED) is 0.546. The molecule has 0 amide bonds. The molecule has 0 saturated carbocycles. The van der Waals surface area contributed by atoms with Gasteiger partial charge in [-0.1, -0.05) is 20.8 Å². The van der Waals surface area contributed by atoms with Gasteiger partial charge in [-0.2, -0.15) is 0 Å². The number of nitrogens with one attached hydrogen (secondary N) is 1. The summed E-state index contributed by atoms with van der Waals surface area (Å²) in [6.45, 7) is 6.74. The molecule has 0 aliphatic heterocycles. The molecule has 0 saturated heterocycles. The van der Waals surface area contributed by atoms with Gasteiger partial charge in [-0.15, -0.1) is 0 Å². The molecule has 0 aromatic carbocycles. The summed E-state index contributed by atoms with van der Waals surface area (Å²) in [4.78, 5) is 0. The first-order chi connectivity index (χ1) is 5.61. The molecule has 0 heterocycles. The summed E-state index contributed by atoms with van der Waals surface area (Å²) < 4.78 is 0. The highest BCUT2D eigenvalue weighted by molar-refractivity contribution is 4.70. The minimum absolute atomic E-state index is 0.103. The van der Waals surface area contributed by atoms with Crippen molar-refractivity contribution in [2.24, 2.45) is 5.92 Å². The summed E-state index contributed by atoms with van der Waals surface area (Å²) >= 11 is 0. The Hall–Kier alpha value is -0.120. The van der Waals surface area contributed by atoms with E-state index in [1.54, 1.807) is 0 Å². The maximum atomic E-state index is 9.24. The molecule has 0 rings (SSSR count). The lowest BCUT2D eigenvalue weighted by atomic mass is 10.1. The van der Waals surface area contributed by atoms with E-state index in [2.05, 4.69) is 5.32 Å². The van der Waals surface area contributed by atoms with Gasteiger partial charge >= 0.3 is 0 Å². The van der Waals surface area contributed by atoms with Gasteiger partial charge in [-0.3, -0.25) is 0 Å². The van der Waals surface area contributed by atoms with E-state index in [-0.39, 0.29) is 18.8 Å². The third-order valence-corrected chi connectivity index (χ3v) is 2.09. The lowest BCUT2D eigenvalue weighted by Crippen LogP contribution is -2.41. The highest BCUT2D eigenvalue weighted by Crippen LogP contribution is 2.00. The highest BCUT2D eigenvalue weighted by atomic mass is 16.3. The standard InChI is InChI=1S/C9H21NO2/c1-4-8(12)5-10-9(6-11)7(2)3/h7-12H,4-6H2,1-3H3. The maximum absolute atomic E-state index is 9.24. The Labute approximate surface area is 74.8 Å². The molecule has 2 atom stereocenters. The molecule has 0 radical (unpaired) electrons. The lowest BCUT2D eigenvalue weighted by Gasteiger charge is -2.21. The Bertz CT molecular complexity index is 107. The monoisotopic (exact) mass is 175 g/mol. The fraction of sp³-hybridized carbons (Fsp3) is 1.00. The first-order valence-corrected chi connectivity index (χ1v) is 4.64. The smallest absolute Gasteiger partial charge is 0.0662 e. The summed E-state index contributed by atoms with van der Waals surface area (Å²) in [5.41, 5.74) is 0. The molecule has 2 unspecified atom stereocenters. The first-order valence-electron chi connectivity index (χ1n) is 4.64. The Morgan fingerprint density at radius 3 is 2.25 bits per heavy atom. The number of hydrogen-bond acceptors (Lipinski definition) is 3. The van der Waals surface area contributed by atoms with Crippen LogP contribution in [0.3, 0.4) is 0 Å². The zero-order valence-corrected chi connectivity index (χ0v) is 8.25. The van der Waals surface area contributed by atoms with Gasteiger partial charge in [0, 0.05) is 12.6 Å². The summed E-state index contributed by atoms with van der Waals surface area (Å²) in [5, 5.41) is 21.3. The van der Waals surface area contributed by atoms with Crippen molar-refractivity contribution in [2.75, 3.05) is 13.2 Å². The molecule has 0 aromatic rings. The highest BCUT2D eigenvalue weighted by Gasteiger charge is 2.12. The summed E-state index contributed by atoms with van der Waals surface area (Å²) in [5.74, 6) is 0.402. The summed E-state index contributed by atoms with van der Waals surface area (Å²) in [7, 11) is 0. The van der Waals surface area contributed by atoms with Gasteiger partial charge in [-0.05, 0) is 12.3 Å². The number of aliphatic hydroxyl groups is 2. The second-order valence-corrected chi connectivity index (χ2v) is 3.50. The number of aliphatic hydroxyl groups excluding tert-OH is 2. The van der Waals surface area contributed by atoms with Crippen molar-refractivity contribution in [3.8, 4) is 0 Å². The number of rotatable bonds is 6. The first kappa shape index (κ1) is 11.9. The van der Waals surface area contributed by atoms with Crippen molar-refractivity contribution in [3.63, 3.8) is 0 Å². The van der Waals surface area contributed by atoms with Crippen LogP contribution in [0.2, 0.25) is 0 Å². The molecule has 0 spiro atoms. The van der Waals surface area contributed by atoms with Gasteiger partial charge in [0.2, 0.25) is 0 Å². The molecule has 3 nitrogen and oxygen atoms in total. The topological polar surface area (TPSA) is 52.5 Å². The Morgan fingerprint density at radius 2 is 1.92 bits per heavy atom. The minimum atomic E-state index is -0.294. The predicted octanol–water partition coefficient (Wildman–Crippen LogP) is 0.364. The van der Waals surface area contributed by atoms with Crippen molar-refractivity contribution >= 4 is 0 Å². The van der Waals surface area contributed by atoms with E-state index in [0.29, 0.717) is 12.5 Å². The molecule has 0 bridgehead atoms. The molecule has 0 aliphatic carbocycles. The van der Waals surface area contributed by atoms with Crippen LogP contribution in [0.4, 0.5) is 0 Å². The van der Waals surface area contributed by atoms with Gasteiger partial charge in [0.15, 0.2) is 0 Å². The molecule has 0 aromatic heterocycles. The molecule has 3 N–H and O–H groups in total. The Balaban J connectivity index is 3.58. The predicted molar refractivity (Wildman–Crippen MR) is 50.0 cm³/mol. The van der Waals surface area contributed by atoms with Gasteiger partial charge in [0.1, 0.15) is 0 Å². The second-order valence-electron chi connectivity index (χ2n) is 3.50. The van der Waals surface area contributed by atoms with Crippen LogP contribution in [-0.2, 0) is 0 Å². The van der Waals surface area contributed by atoms with Crippen LogP contribution in [0.25, 0.3) is 0 Å².